The number of amides is 1. The van der Waals surface area contributed by atoms with E-state index in [4.69, 9.17) is 0 Å². The van der Waals surface area contributed by atoms with E-state index in [1.54, 1.807) is 16.9 Å². The van der Waals surface area contributed by atoms with Crippen molar-refractivity contribution < 1.29 is 4.79 Å². The summed E-state index contributed by atoms with van der Waals surface area (Å²) in [5, 5.41) is 14.2. The highest BCUT2D eigenvalue weighted by atomic mass is 16.1. The van der Waals surface area contributed by atoms with Crippen LogP contribution in [0, 0.1) is 13.8 Å². The van der Waals surface area contributed by atoms with Crippen molar-refractivity contribution in [3.05, 3.63) is 53.2 Å². The van der Waals surface area contributed by atoms with Gasteiger partial charge in [-0.05, 0) is 32.0 Å². The number of hydrogen-bond donors (Lipinski definition) is 2. The minimum atomic E-state index is -0.214. The van der Waals surface area contributed by atoms with Gasteiger partial charge in [-0.2, -0.15) is 10.2 Å². The van der Waals surface area contributed by atoms with Gasteiger partial charge in [0.05, 0.1) is 23.6 Å². The Morgan fingerprint density at radius 3 is 2.83 bits per heavy atom. The number of aromatic amines is 1. The van der Waals surface area contributed by atoms with E-state index in [1.165, 1.54) is 0 Å². The topological polar surface area (TPSA) is 88.5 Å². The molecule has 0 spiro atoms. The second-order valence-electron chi connectivity index (χ2n) is 5.34. The summed E-state index contributed by atoms with van der Waals surface area (Å²) >= 11 is 0. The molecule has 3 aromatic heterocycles. The molecular formula is C16H18N6O. The second kappa shape index (κ2) is 6.04. The molecule has 3 heterocycles. The van der Waals surface area contributed by atoms with Gasteiger partial charge in [-0.1, -0.05) is 6.07 Å². The van der Waals surface area contributed by atoms with Gasteiger partial charge in [-0.3, -0.25) is 19.6 Å². The van der Waals surface area contributed by atoms with E-state index in [9.17, 15) is 4.79 Å². The third-order valence-electron chi connectivity index (χ3n) is 3.74. The third-order valence-corrected chi connectivity index (χ3v) is 3.74. The van der Waals surface area contributed by atoms with Crippen molar-refractivity contribution >= 4 is 5.91 Å². The maximum absolute atomic E-state index is 12.2. The number of pyridine rings is 1. The summed E-state index contributed by atoms with van der Waals surface area (Å²) in [6.07, 6.45) is 1.70. The fourth-order valence-corrected chi connectivity index (χ4v) is 2.48. The Bertz CT molecular complexity index is 834. The molecule has 118 valence electrons. The Labute approximate surface area is 133 Å². The maximum atomic E-state index is 12.2. The SMILES string of the molecule is Cc1nn(C)c(C)c1-c1cc(C(=O)NCc2ccccn2)[nH]n1. The normalized spacial score (nSPS) is 10.7. The molecule has 0 aromatic carbocycles. The highest BCUT2D eigenvalue weighted by molar-refractivity contribution is 5.93. The van der Waals surface area contributed by atoms with Gasteiger partial charge < -0.3 is 5.32 Å². The quantitative estimate of drug-likeness (QED) is 0.768. The van der Waals surface area contributed by atoms with E-state index < -0.39 is 0 Å². The van der Waals surface area contributed by atoms with Crippen LogP contribution in [0.15, 0.2) is 30.5 Å². The summed E-state index contributed by atoms with van der Waals surface area (Å²) in [5.74, 6) is -0.214. The molecule has 0 atom stereocenters. The van der Waals surface area contributed by atoms with Gasteiger partial charge in [0.15, 0.2) is 0 Å². The van der Waals surface area contributed by atoms with Crippen LogP contribution in [-0.4, -0.2) is 30.9 Å². The summed E-state index contributed by atoms with van der Waals surface area (Å²) in [4.78, 5) is 16.4. The summed E-state index contributed by atoms with van der Waals surface area (Å²) in [5.41, 5.74) is 4.79. The summed E-state index contributed by atoms with van der Waals surface area (Å²) in [6, 6.07) is 7.33. The largest absolute Gasteiger partial charge is 0.345 e. The molecule has 0 fully saturated rings. The smallest absolute Gasteiger partial charge is 0.269 e. The van der Waals surface area contributed by atoms with Crippen molar-refractivity contribution in [2.75, 3.05) is 0 Å². The highest BCUT2D eigenvalue weighted by Crippen LogP contribution is 2.25. The highest BCUT2D eigenvalue weighted by Gasteiger charge is 2.17. The van der Waals surface area contributed by atoms with Crippen LogP contribution in [0.2, 0.25) is 0 Å². The monoisotopic (exact) mass is 310 g/mol. The number of carbonyl (C=O) groups is 1. The molecule has 2 N–H and O–H groups in total. The van der Waals surface area contributed by atoms with Crippen LogP contribution in [0.25, 0.3) is 11.3 Å². The van der Waals surface area contributed by atoms with Crippen molar-refractivity contribution in [1.82, 2.24) is 30.3 Å². The summed E-state index contributed by atoms with van der Waals surface area (Å²) in [7, 11) is 1.89. The minimum Gasteiger partial charge on any atom is -0.345 e. The fraction of sp³-hybridized carbons (Fsp3) is 0.250. The lowest BCUT2D eigenvalue weighted by Gasteiger charge is -2.02. The zero-order valence-electron chi connectivity index (χ0n) is 13.3. The Hall–Kier alpha value is -2.96. The summed E-state index contributed by atoms with van der Waals surface area (Å²) < 4.78 is 1.81. The van der Waals surface area contributed by atoms with E-state index in [0.29, 0.717) is 12.2 Å². The van der Waals surface area contributed by atoms with Crippen LogP contribution >= 0.6 is 0 Å². The molecule has 3 aromatic rings. The lowest BCUT2D eigenvalue weighted by Crippen LogP contribution is -2.23. The van der Waals surface area contributed by atoms with Gasteiger partial charge in [0.25, 0.3) is 5.91 Å². The van der Waals surface area contributed by atoms with Crippen molar-refractivity contribution in [3.8, 4) is 11.3 Å². The van der Waals surface area contributed by atoms with Gasteiger partial charge in [0, 0.05) is 24.5 Å². The van der Waals surface area contributed by atoms with Crippen LogP contribution in [0.4, 0.5) is 0 Å². The average Bonchev–Trinajstić information content (AvgIpc) is 3.11. The average molecular weight is 310 g/mol. The number of nitrogens with one attached hydrogen (secondary N) is 2. The molecule has 0 saturated heterocycles. The number of hydrogen-bond acceptors (Lipinski definition) is 4. The number of rotatable bonds is 4. The number of aromatic nitrogens is 5. The molecule has 0 bridgehead atoms. The number of nitrogens with zero attached hydrogens (tertiary/aromatic N) is 4. The lowest BCUT2D eigenvalue weighted by molar-refractivity contribution is 0.0945. The van der Waals surface area contributed by atoms with E-state index in [-0.39, 0.29) is 5.91 Å². The van der Waals surface area contributed by atoms with Gasteiger partial charge in [-0.25, -0.2) is 0 Å². The van der Waals surface area contributed by atoms with Gasteiger partial charge in [-0.15, -0.1) is 0 Å². The first kappa shape index (κ1) is 15.0. The number of carbonyl (C=O) groups excluding carboxylic acids is 1. The van der Waals surface area contributed by atoms with E-state index in [1.807, 2.05) is 39.1 Å². The first-order valence-corrected chi connectivity index (χ1v) is 7.30. The predicted octanol–water partition coefficient (Wildman–Crippen LogP) is 1.75. The van der Waals surface area contributed by atoms with Crippen LogP contribution in [-0.2, 0) is 13.6 Å². The molecule has 0 aliphatic heterocycles. The first-order chi connectivity index (χ1) is 11.1. The van der Waals surface area contributed by atoms with Crippen LogP contribution in [0.3, 0.4) is 0 Å². The fourth-order valence-electron chi connectivity index (χ4n) is 2.48. The zero-order chi connectivity index (χ0) is 16.4. The number of H-pyrrole nitrogens is 1. The Balaban J connectivity index is 1.75. The Morgan fingerprint density at radius 2 is 2.17 bits per heavy atom. The van der Waals surface area contributed by atoms with Gasteiger partial charge in [0.2, 0.25) is 0 Å². The molecular weight excluding hydrogens is 292 g/mol. The maximum Gasteiger partial charge on any atom is 0.269 e. The molecule has 0 saturated carbocycles. The molecule has 23 heavy (non-hydrogen) atoms. The van der Waals surface area contributed by atoms with Crippen molar-refractivity contribution in [2.45, 2.75) is 20.4 Å². The standard InChI is InChI=1S/C16H18N6O/c1-10-15(11(2)22(3)21-10)13-8-14(20-19-13)16(23)18-9-12-6-4-5-7-17-12/h4-8H,9H2,1-3H3,(H,18,23)(H,19,20). The minimum absolute atomic E-state index is 0.214. The molecule has 1 amide bonds. The van der Waals surface area contributed by atoms with Crippen LogP contribution in [0.1, 0.15) is 27.6 Å². The third kappa shape index (κ3) is 2.98. The molecule has 3 rings (SSSR count). The van der Waals surface area contributed by atoms with E-state index >= 15 is 0 Å². The van der Waals surface area contributed by atoms with Gasteiger partial charge in [0.1, 0.15) is 5.69 Å². The predicted molar refractivity (Wildman–Crippen MR) is 85.7 cm³/mol. The first-order valence-electron chi connectivity index (χ1n) is 7.30. The van der Waals surface area contributed by atoms with E-state index in [2.05, 4.69) is 25.6 Å². The molecule has 7 nitrogen and oxygen atoms in total. The molecule has 0 unspecified atom stereocenters. The second-order valence-corrected chi connectivity index (χ2v) is 5.34. The summed E-state index contributed by atoms with van der Waals surface area (Å²) in [6.45, 7) is 4.28. The number of aryl methyl sites for hydroxylation is 2. The van der Waals surface area contributed by atoms with Gasteiger partial charge >= 0.3 is 0 Å². The van der Waals surface area contributed by atoms with Crippen molar-refractivity contribution in [3.63, 3.8) is 0 Å². The van der Waals surface area contributed by atoms with Crippen molar-refractivity contribution in [1.29, 1.82) is 0 Å². The van der Waals surface area contributed by atoms with Crippen molar-refractivity contribution in [2.24, 2.45) is 7.05 Å². The molecule has 0 radical (unpaired) electrons. The lowest BCUT2D eigenvalue weighted by atomic mass is 10.1. The van der Waals surface area contributed by atoms with Crippen LogP contribution in [0.5, 0.6) is 0 Å². The Morgan fingerprint density at radius 1 is 1.35 bits per heavy atom. The Kier molecular flexibility index (Phi) is 3.92. The van der Waals surface area contributed by atoms with E-state index in [0.717, 1.165) is 28.3 Å². The molecule has 0 aliphatic carbocycles. The zero-order valence-corrected chi connectivity index (χ0v) is 13.3. The molecule has 0 aliphatic rings. The molecule has 7 heteroatoms. The van der Waals surface area contributed by atoms with Crippen LogP contribution < -0.4 is 5.32 Å².